The molecule has 0 bridgehead atoms. The molecule has 128 valence electrons. The first-order valence-electron chi connectivity index (χ1n) is 9.04. The molecule has 2 nitrogen and oxygen atoms in total. The van der Waals surface area contributed by atoms with Crippen molar-refractivity contribution in [2.45, 2.75) is 48.0 Å². The largest absolute Gasteiger partial charge is 0.388 e. The maximum absolute atomic E-state index is 11.4. The molecule has 1 N–H and O–H groups in total. The molecule has 3 aromatic rings. The van der Waals surface area contributed by atoms with E-state index in [4.69, 9.17) is 4.98 Å². The molecule has 1 atom stereocenters. The molecule has 3 heteroatoms. The quantitative estimate of drug-likeness (QED) is 0.608. The van der Waals surface area contributed by atoms with Gasteiger partial charge in [0.1, 0.15) is 0 Å². The second-order valence-corrected chi connectivity index (χ2v) is 8.04. The molecule has 1 saturated carbocycles. The Bertz CT molecular complexity index is 843. The summed E-state index contributed by atoms with van der Waals surface area (Å²) in [4.78, 5) is 4.82. The third-order valence-electron chi connectivity index (χ3n) is 5.12. The zero-order chi connectivity index (χ0) is 17.1. The maximum atomic E-state index is 11.4. The monoisotopic (exact) mass is 349 g/mol. The van der Waals surface area contributed by atoms with Crippen molar-refractivity contribution in [1.82, 2.24) is 4.98 Å². The van der Waals surface area contributed by atoms with Gasteiger partial charge in [-0.15, -0.1) is 0 Å². The molecular formula is C22H23NOS. The Balaban J connectivity index is 1.69. The highest BCUT2D eigenvalue weighted by Gasteiger charge is 2.39. The zero-order valence-electron chi connectivity index (χ0n) is 14.3. The Labute approximate surface area is 153 Å². The van der Waals surface area contributed by atoms with E-state index in [9.17, 15) is 5.11 Å². The number of rotatable bonds is 4. The lowest BCUT2D eigenvalue weighted by molar-refractivity contribution is 0.00159. The van der Waals surface area contributed by atoms with Gasteiger partial charge in [0, 0.05) is 5.39 Å². The van der Waals surface area contributed by atoms with Crippen LogP contribution in [0.3, 0.4) is 0 Å². The number of para-hydroxylation sites is 1. The molecule has 0 unspecified atom stereocenters. The van der Waals surface area contributed by atoms with E-state index >= 15 is 0 Å². The Morgan fingerprint density at radius 3 is 2.36 bits per heavy atom. The van der Waals surface area contributed by atoms with E-state index in [2.05, 4.69) is 42.5 Å². The topological polar surface area (TPSA) is 33.1 Å². The van der Waals surface area contributed by atoms with Crippen LogP contribution in [0.5, 0.6) is 0 Å². The molecular weight excluding hydrogens is 326 g/mol. The van der Waals surface area contributed by atoms with Crippen molar-refractivity contribution in [2.75, 3.05) is 0 Å². The van der Waals surface area contributed by atoms with Crippen molar-refractivity contribution in [3.05, 3.63) is 72.3 Å². The number of pyridine rings is 1. The number of thioether (sulfide) groups is 1. The minimum Gasteiger partial charge on any atom is -0.388 e. The summed E-state index contributed by atoms with van der Waals surface area (Å²) in [5.41, 5.74) is 1.54. The number of hydrogen-bond acceptors (Lipinski definition) is 3. The predicted octanol–water partition coefficient (Wildman–Crippen LogP) is 5.76. The summed E-state index contributed by atoms with van der Waals surface area (Å²) in [5, 5.41) is 13.6. The molecule has 1 heterocycles. The molecule has 1 aromatic heterocycles. The van der Waals surface area contributed by atoms with Gasteiger partial charge in [-0.1, -0.05) is 85.6 Å². The van der Waals surface area contributed by atoms with E-state index in [-0.39, 0.29) is 5.25 Å². The van der Waals surface area contributed by atoms with Gasteiger partial charge in [-0.05, 0) is 30.5 Å². The zero-order valence-corrected chi connectivity index (χ0v) is 15.1. The molecule has 0 amide bonds. The van der Waals surface area contributed by atoms with Gasteiger partial charge in [-0.2, -0.15) is 0 Å². The molecule has 1 fully saturated rings. The van der Waals surface area contributed by atoms with Crippen LogP contribution in [-0.2, 0) is 0 Å². The van der Waals surface area contributed by atoms with Gasteiger partial charge in [0.15, 0.2) is 0 Å². The van der Waals surface area contributed by atoms with Crippen molar-refractivity contribution in [1.29, 1.82) is 0 Å². The van der Waals surface area contributed by atoms with Gasteiger partial charge in [-0.3, -0.25) is 0 Å². The lowest BCUT2D eigenvalue weighted by atomic mass is 9.80. The van der Waals surface area contributed by atoms with E-state index in [1.807, 2.05) is 24.3 Å². The van der Waals surface area contributed by atoms with Crippen molar-refractivity contribution < 1.29 is 5.11 Å². The van der Waals surface area contributed by atoms with Crippen LogP contribution in [0.25, 0.3) is 10.9 Å². The number of nitrogens with zero attached hydrogens (tertiary/aromatic N) is 1. The average Bonchev–Trinajstić information content (AvgIpc) is 2.67. The minimum absolute atomic E-state index is 0.0164. The SMILES string of the molecule is OC1([C@@H](Sc2ccc3ccccc3n2)c2ccccc2)CCCCC1. The fourth-order valence-corrected chi connectivity index (χ4v) is 5.06. The lowest BCUT2D eigenvalue weighted by Crippen LogP contribution is -2.37. The van der Waals surface area contributed by atoms with Crippen molar-refractivity contribution >= 4 is 22.7 Å². The molecule has 0 radical (unpaired) electrons. The number of hydrogen-bond donors (Lipinski definition) is 1. The number of benzene rings is 2. The van der Waals surface area contributed by atoms with E-state index in [0.717, 1.165) is 41.6 Å². The second-order valence-electron chi connectivity index (χ2n) is 6.92. The summed E-state index contributed by atoms with van der Waals surface area (Å²) < 4.78 is 0. The van der Waals surface area contributed by atoms with Gasteiger partial charge in [0.2, 0.25) is 0 Å². The van der Waals surface area contributed by atoms with Crippen LogP contribution in [-0.4, -0.2) is 15.7 Å². The molecule has 1 aliphatic carbocycles. The van der Waals surface area contributed by atoms with Gasteiger partial charge in [-0.25, -0.2) is 4.98 Å². The van der Waals surface area contributed by atoms with Crippen LogP contribution < -0.4 is 0 Å². The summed E-state index contributed by atoms with van der Waals surface area (Å²) in [7, 11) is 0. The third kappa shape index (κ3) is 3.58. The Hall–Kier alpha value is -1.84. The third-order valence-corrected chi connectivity index (χ3v) is 6.54. The van der Waals surface area contributed by atoms with Crippen molar-refractivity contribution in [3.8, 4) is 0 Å². The average molecular weight is 349 g/mol. The van der Waals surface area contributed by atoms with Crippen molar-refractivity contribution in [3.63, 3.8) is 0 Å². The van der Waals surface area contributed by atoms with Gasteiger partial charge in [0.25, 0.3) is 0 Å². The van der Waals surface area contributed by atoms with Crippen LogP contribution in [0.4, 0.5) is 0 Å². The first-order valence-corrected chi connectivity index (χ1v) is 9.92. The summed E-state index contributed by atoms with van der Waals surface area (Å²) in [6, 6.07) is 22.8. The van der Waals surface area contributed by atoms with Gasteiger partial charge >= 0.3 is 0 Å². The van der Waals surface area contributed by atoms with Crippen LogP contribution in [0, 0.1) is 0 Å². The molecule has 25 heavy (non-hydrogen) atoms. The lowest BCUT2D eigenvalue weighted by Gasteiger charge is -2.39. The number of fused-ring (bicyclic) bond motifs is 1. The Kier molecular flexibility index (Phi) is 4.78. The summed E-state index contributed by atoms with van der Waals surface area (Å²) >= 11 is 1.70. The highest BCUT2D eigenvalue weighted by molar-refractivity contribution is 7.99. The summed E-state index contributed by atoms with van der Waals surface area (Å²) in [5.74, 6) is 0. The smallest absolute Gasteiger partial charge is 0.0974 e. The van der Waals surface area contributed by atoms with Crippen LogP contribution in [0.1, 0.15) is 42.9 Å². The first kappa shape index (κ1) is 16.6. The van der Waals surface area contributed by atoms with E-state index in [1.165, 1.54) is 12.0 Å². The summed E-state index contributed by atoms with van der Waals surface area (Å²) in [6.45, 7) is 0. The van der Waals surface area contributed by atoms with Crippen molar-refractivity contribution in [2.24, 2.45) is 0 Å². The van der Waals surface area contributed by atoms with E-state index < -0.39 is 5.60 Å². The molecule has 2 aromatic carbocycles. The Morgan fingerprint density at radius 1 is 0.840 bits per heavy atom. The van der Waals surface area contributed by atoms with E-state index in [1.54, 1.807) is 11.8 Å². The first-order chi connectivity index (χ1) is 12.2. The molecule has 0 spiro atoms. The number of aliphatic hydroxyl groups is 1. The normalized spacial score (nSPS) is 18.1. The highest BCUT2D eigenvalue weighted by Crippen LogP contribution is 2.48. The summed E-state index contributed by atoms with van der Waals surface area (Å²) in [6.07, 6.45) is 5.17. The van der Waals surface area contributed by atoms with Crippen LogP contribution in [0.2, 0.25) is 0 Å². The molecule has 1 aliphatic rings. The van der Waals surface area contributed by atoms with Crippen LogP contribution in [0.15, 0.2) is 71.8 Å². The van der Waals surface area contributed by atoms with Gasteiger partial charge in [0.05, 0.1) is 21.4 Å². The Morgan fingerprint density at radius 2 is 1.56 bits per heavy atom. The fraction of sp³-hybridized carbons (Fsp3) is 0.318. The molecule has 4 rings (SSSR count). The van der Waals surface area contributed by atoms with Crippen LogP contribution >= 0.6 is 11.8 Å². The standard InChI is InChI=1S/C22H23NOS/c24-22(15-7-2-8-16-22)21(18-10-3-1-4-11-18)25-20-14-13-17-9-5-6-12-19(17)23-20/h1,3-6,9-14,21,24H,2,7-8,15-16H2/t21-/m0/s1. The second kappa shape index (κ2) is 7.19. The molecule has 0 saturated heterocycles. The highest BCUT2D eigenvalue weighted by atomic mass is 32.2. The predicted molar refractivity (Wildman–Crippen MR) is 105 cm³/mol. The fourth-order valence-electron chi connectivity index (χ4n) is 3.78. The minimum atomic E-state index is -0.655. The van der Waals surface area contributed by atoms with E-state index in [0.29, 0.717) is 0 Å². The molecule has 0 aliphatic heterocycles. The number of aromatic nitrogens is 1. The van der Waals surface area contributed by atoms with Gasteiger partial charge < -0.3 is 5.11 Å². The maximum Gasteiger partial charge on any atom is 0.0974 e.